The molecule has 3 fully saturated rings. The average Bonchev–Trinajstić information content (AvgIpc) is 3.62. The normalized spacial score (nSPS) is 23.8. The summed E-state index contributed by atoms with van der Waals surface area (Å²) in [6, 6.07) is 10.6. The van der Waals surface area contributed by atoms with Crippen LogP contribution in [-0.4, -0.2) is 55.7 Å². The Bertz CT molecular complexity index is 1190. The number of hydrogen-bond donors (Lipinski definition) is 2. The number of nitrogens with one attached hydrogen (secondary N) is 1. The predicted molar refractivity (Wildman–Crippen MR) is 130 cm³/mol. The zero-order valence-electron chi connectivity index (χ0n) is 19.0. The van der Waals surface area contributed by atoms with E-state index in [-0.39, 0.29) is 5.75 Å². The molecule has 3 aliphatic rings. The van der Waals surface area contributed by atoms with E-state index in [4.69, 9.17) is 0 Å². The molecular weight excluding hydrogens is 451 g/mol. The highest BCUT2D eigenvalue weighted by Crippen LogP contribution is 2.39. The lowest BCUT2D eigenvalue weighted by Gasteiger charge is -2.38. The molecule has 0 amide bonds. The number of phenolic OH excluding ortho intramolecular Hbond substituents is 1. The van der Waals surface area contributed by atoms with Crippen LogP contribution in [0.2, 0.25) is 0 Å². The molecule has 2 bridgehead atoms. The van der Waals surface area contributed by atoms with Crippen LogP contribution >= 0.6 is 11.8 Å². The van der Waals surface area contributed by atoms with Crippen molar-refractivity contribution >= 4 is 17.6 Å². The third-order valence-electron chi connectivity index (χ3n) is 7.15. The van der Waals surface area contributed by atoms with Crippen molar-refractivity contribution in [1.29, 1.82) is 0 Å². The van der Waals surface area contributed by atoms with Gasteiger partial charge in [0.15, 0.2) is 11.6 Å². The van der Waals surface area contributed by atoms with E-state index in [1.807, 2.05) is 12.3 Å². The van der Waals surface area contributed by atoms with Gasteiger partial charge < -0.3 is 15.3 Å². The SMILES string of the molecule is CSc1cc(-c2ccc(-c3ncc(N(C4CC4)[C@@H]4C[C@H]5CC[C@@H](C4)N5)nn3)c(O)c2)cc(F)n1. The van der Waals surface area contributed by atoms with Crippen molar-refractivity contribution in [2.24, 2.45) is 0 Å². The number of phenols is 1. The molecule has 2 aromatic heterocycles. The second-order valence-electron chi connectivity index (χ2n) is 9.49. The van der Waals surface area contributed by atoms with Gasteiger partial charge in [-0.05, 0) is 74.1 Å². The molecule has 2 saturated heterocycles. The van der Waals surface area contributed by atoms with E-state index in [0.29, 0.717) is 51.7 Å². The van der Waals surface area contributed by atoms with Crippen molar-refractivity contribution < 1.29 is 9.50 Å². The fraction of sp³-hybridized carbons (Fsp3) is 0.440. The van der Waals surface area contributed by atoms with Gasteiger partial charge in [0, 0.05) is 30.2 Å². The highest BCUT2D eigenvalue weighted by molar-refractivity contribution is 7.98. The molecule has 1 aromatic carbocycles. The lowest BCUT2D eigenvalue weighted by molar-refractivity contribution is 0.343. The number of hydrogen-bond acceptors (Lipinski definition) is 8. The van der Waals surface area contributed by atoms with Crippen molar-refractivity contribution in [3.8, 4) is 28.3 Å². The Morgan fingerprint density at radius 2 is 1.79 bits per heavy atom. The number of halogens is 1. The second kappa shape index (κ2) is 8.78. The Balaban J connectivity index is 1.25. The van der Waals surface area contributed by atoms with E-state index in [2.05, 4.69) is 30.4 Å². The maximum atomic E-state index is 13.9. The summed E-state index contributed by atoms with van der Waals surface area (Å²) in [5.74, 6) is 0.685. The molecule has 0 spiro atoms. The smallest absolute Gasteiger partial charge is 0.214 e. The molecular formula is C25H27FN6OS. The van der Waals surface area contributed by atoms with Crippen molar-refractivity contribution in [2.45, 2.75) is 67.7 Å². The first-order chi connectivity index (χ1) is 16.6. The summed E-state index contributed by atoms with van der Waals surface area (Å²) in [6.07, 6.45) is 10.8. The summed E-state index contributed by atoms with van der Waals surface area (Å²) in [5.41, 5.74) is 1.85. The summed E-state index contributed by atoms with van der Waals surface area (Å²) >= 11 is 1.37. The van der Waals surface area contributed by atoms with Crippen LogP contribution in [0.3, 0.4) is 0 Å². The molecule has 1 saturated carbocycles. The molecule has 7 nitrogen and oxygen atoms in total. The number of benzene rings is 1. The number of thioether (sulfide) groups is 1. The van der Waals surface area contributed by atoms with Gasteiger partial charge in [0.2, 0.25) is 5.95 Å². The number of anilines is 1. The van der Waals surface area contributed by atoms with E-state index in [0.717, 1.165) is 18.7 Å². The van der Waals surface area contributed by atoms with Gasteiger partial charge in [-0.3, -0.25) is 0 Å². The van der Waals surface area contributed by atoms with Crippen molar-refractivity contribution in [2.75, 3.05) is 11.2 Å². The molecule has 2 N–H and O–H groups in total. The Morgan fingerprint density at radius 3 is 2.44 bits per heavy atom. The van der Waals surface area contributed by atoms with E-state index >= 15 is 0 Å². The standard InChI is InChI=1S/C25H27FN6OS/c1-34-24-10-15(9-22(26)29-24)14-2-7-20(21(33)8-14)25-27-13-23(30-31-25)32(18-5-6-18)19-11-16-3-4-17(12-19)28-16/h2,7-10,13,16-19,28,33H,3-6,11-12H2,1H3/t16-,17+,19-. The van der Waals surface area contributed by atoms with Gasteiger partial charge in [-0.15, -0.1) is 22.0 Å². The van der Waals surface area contributed by atoms with Crippen LogP contribution in [-0.2, 0) is 0 Å². The Kier molecular flexibility index (Phi) is 5.61. The molecule has 6 rings (SSSR count). The quantitative estimate of drug-likeness (QED) is 0.398. The lowest BCUT2D eigenvalue weighted by Crippen LogP contribution is -2.49. The third-order valence-corrected chi connectivity index (χ3v) is 7.77. The molecule has 0 unspecified atom stereocenters. The highest BCUT2D eigenvalue weighted by atomic mass is 32.2. The Labute approximate surface area is 202 Å². The number of aromatic nitrogens is 4. The van der Waals surface area contributed by atoms with Gasteiger partial charge in [-0.1, -0.05) is 6.07 Å². The Hall–Kier alpha value is -2.78. The average molecular weight is 479 g/mol. The lowest BCUT2D eigenvalue weighted by atomic mass is 9.98. The minimum absolute atomic E-state index is 0.0314. The largest absolute Gasteiger partial charge is 0.507 e. The molecule has 3 aromatic rings. The molecule has 176 valence electrons. The maximum Gasteiger partial charge on any atom is 0.214 e. The predicted octanol–water partition coefficient (Wildman–Crippen LogP) is 4.42. The van der Waals surface area contributed by atoms with Crippen LogP contribution in [0.25, 0.3) is 22.5 Å². The first kappa shape index (κ1) is 21.7. The van der Waals surface area contributed by atoms with Crippen LogP contribution in [0.5, 0.6) is 5.75 Å². The van der Waals surface area contributed by atoms with Crippen LogP contribution in [0.1, 0.15) is 38.5 Å². The number of pyridine rings is 1. The minimum Gasteiger partial charge on any atom is -0.507 e. The zero-order chi connectivity index (χ0) is 23.2. The van der Waals surface area contributed by atoms with Gasteiger partial charge >= 0.3 is 0 Å². The third kappa shape index (κ3) is 4.22. The zero-order valence-corrected chi connectivity index (χ0v) is 19.8. The number of piperidine rings is 1. The molecule has 3 atom stereocenters. The van der Waals surface area contributed by atoms with Gasteiger partial charge in [0.1, 0.15) is 5.75 Å². The molecule has 34 heavy (non-hydrogen) atoms. The maximum absolute atomic E-state index is 13.9. The highest BCUT2D eigenvalue weighted by Gasteiger charge is 2.41. The van der Waals surface area contributed by atoms with Crippen LogP contribution < -0.4 is 10.2 Å². The van der Waals surface area contributed by atoms with Gasteiger partial charge in [0.05, 0.1) is 16.8 Å². The summed E-state index contributed by atoms with van der Waals surface area (Å²) < 4.78 is 13.9. The number of rotatable bonds is 6. The van der Waals surface area contributed by atoms with E-state index in [1.165, 1.54) is 43.5 Å². The van der Waals surface area contributed by atoms with Crippen molar-refractivity contribution in [1.82, 2.24) is 25.5 Å². The molecule has 9 heteroatoms. The summed E-state index contributed by atoms with van der Waals surface area (Å²) in [7, 11) is 0. The summed E-state index contributed by atoms with van der Waals surface area (Å²) in [6.45, 7) is 0. The number of fused-ring (bicyclic) bond motifs is 2. The topological polar surface area (TPSA) is 87.1 Å². The molecule has 2 aliphatic heterocycles. The summed E-state index contributed by atoms with van der Waals surface area (Å²) in [5, 5.41) is 23.9. The van der Waals surface area contributed by atoms with E-state index in [9.17, 15) is 9.50 Å². The monoisotopic (exact) mass is 478 g/mol. The first-order valence-electron chi connectivity index (χ1n) is 11.9. The van der Waals surface area contributed by atoms with E-state index < -0.39 is 5.95 Å². The summed E-state index contributed by atoms with van der Waals surface area (Å²) in [4.78, 5) is 10.9. The van der Waals surface area contributed by atoms with Crippen molar-refractivity contribution in [3.05, 3.63) is 42.5 Å². The molecule has 0 radical (unpaired) electrons. The fourth-order valence-corrected chi connectivity index (χ4v) is 5.86. The number of nitrogens with zero attached hydrogens (tertiary/aromatic N) is 5. The van der Waals surface area contributed by atoms with E-state index in [1.54, 1.807) is 24.4 Å². The van der Waals surface area contributed by atoms with Crippen LogP contribution in [0.15, 0.2) is 41.6 Å². The van der Waals surface area contributed by atoms with Gasteiger partial charge in [0.25, 0.3) is 0 Å². The molecule has 4 heterocycles. The number of aromatic hydroxyl groups is 1. The fourth-order valence-electron chi connectivity index (χ4n) is 5.43. The first-order valence-corrected chi connectivity index (χ1v) is 13.1. The van der Waals surface area contributed by atoms with Gasteiger partial charge in [-0.25, -0.2) is 9.97 Å². The van der Waals surface area contributed by atoms with Crippen LogP contribution in [0, 0.1) is 5.95 Å². The van der Waals surface area contributed by atoms with Crippen molar-refractivity contribution in [3.63, 3.8) is 0 Å². The molecule has 1 aliphatic carbocycles. The Morgan fingerprint density at radius 1 is 1.00 bits per heavy atom. The minimum atomic E-state index is -0.546. The second-order valence-corrected chi connectivity index (χ2v) is 10.3. The van der Waals surface area contributed by atoms with Gasteiger partial charge in [-0.2, -0.15) is 4.39 Å². The van der Waals surface area contributed by atoms with Crippen LogP contribution in [0.4, 0.5) is 10.2 Å².